The molecule has 0 unspecified atom stereocenters. The second-order valence-corrected chi connectivity index (χ2v) is 8.15. The largest absolute Gasteiger partial charge is 0.497 e. The van der Waals surface area contributed by atoms with Crippen molar-refractivity contribution >= 4 is 21.6 Å². The number of aromatic amines is 1. The van der Waals surface area contributed by atoms with Crippen LogP contribution in [-0.4, -0.2) is 31.8 Å². The lowest BCUT2D eigenvalue weighted by Gasteiger charge is -2.04. The number of rotatable bonds is 5. The van der Waals surface area contributed by atoms with E-state index >= 15 is 0 Å². The van der Waals surface area contributed by atoms with Gasteiger partial charge in [0.05, 0.1) is 12.0 Å². The summed E-state index contributed by atoms with van der Waals surface area (Å²) < 4.78 is 31.1. The van der Waals surface area contributed by atoms with Gasteiger partial charge < -0.3 is 9.72 Å². The van der Waals surface area contributed by atoms with Crippen molar-refractivity contribution < 1.29 is 13.2 Å². The molecule has 130 valence electrons. The monoisotopic (exact) mass is 374 g/mol. The minimum Gasteiger partial charge on any atom is -0.497 e. The molecule has 0 saturated heterocycles. The molecule has 3 aromatic rings. The van der Waals surface area contributed by atoms with Crippen molar-refractivity contribution in [3.05, 3.63) is 54.1 Å². The third-order valence-electron chi connectivity index (χ3n) is 3.80. The molecular weight excluding hydrogens is 356 g/mol. The molecule has 3 rings (SSSR count). The maximum atomic E-state index is 13.0. The molecule has 0 amide bonds. The van der Waals surface area contributed by atoms with E-state index in [1.54, 1.807) is 31.4 Å². The van der Waals surface area contributed by atoms with Crippen molar-refractivity contribution in [2.75, 3.05) is 13.4 Å². The van der Waals surface area contributed by atoms with Crippen molar-refractivity contribution in [2.45, 2.75) is 21.9 Å². The van der Waals surface area contributed by atoms with E-state index < -0.39 is 9.84 Å². The van der Waals surface area contributed by atoms with Gasteiger partial charge in [-0.2, -0.15) is 0 Å². The molecule has 25 heavy (non-hydrogen) atoms. The predicted octanol–water partition coefficient (Wildman–Crippen LogP) is 3.95. The van der Waals surface area contributed by atoms with E-state index in [0.29, 0.717) is 10.9 Å². The van der Waals surface area contributed by atoms with Crippen LogP contribution in [0.25, 0.3) is 11.4 Å². The highest BCUT2D eigenvalue weighted by Crippen LogP contribution is 2.31. The highest BCUT2D eigenvalue weighted by Gasteiger charge is 2.25. The highest BCUT2D eigenvalue weighted by atomic mass is 32.2. The summed E-state index contributed by atoms with van der Waals surface area (Å²) in [6, 6.07) is 14.1. The minimum atomic E-state index is -3.66. The normalized spacial score (nSPS) is 11.5. The third-order valence-corrected chi connectivity index (χ3v) is 6.33. The summed E-state index contributed by atoms with van der Waals surface area (Å²) in [6.07, 6.45) is 1.81. The zero-order chi connectivity index (χ0) is 18.0. The van der Waals surface area contributed by atoms with Gasteiger partial charge in [0.2, 0.25) is 9.84 Å². The van der Waals surface area contributed by atoms with Crippen LogP contribution in [0.2, 0.25) is 0 Å². The van der Waals surface area contributed by atoms with Gasteiger partial charge in [-0.3, -0.25) is 0 Å². The summed E-state index contributed by atoms with van der Waals surface area (Å²) in [5.74, 6) is 1.24. The Kier molecular flexibility index (Phi) is 4.87. The number of hydrogen-bond acceptors (Lipinski definition) is 5. The zero-order valence-corrected chi connectivity index (χ0v) is 15.7. The fourth-order valence-electron chi connectivity index (χ4n) is 2.38. The van der Waals surface area contributed by atoms with E-state index in [9.17, 15) is 8.42 Å². The van der Waals surface area contributed by atoms with Crippen molar-refractivity contribution in [3.8, 4) is 17.1 Å². The number of H-pyrrole nitrogens is 1. The fraction of sp³-hybridized carbons (Fsp3) is 0.167. The first-order chi connectivity index (χ1) is 12.0. The lowest BCUT2D eigenvalue weighted by molar-refractivity contribution is 0.415. The van der Waals surface area contributed by atoms with E-state index in [1.807, 2.05) is 37.4 Å². The van der Waals surface area contributed by atoms with Crippen molar-refractivity contribution in [2.24, 2.45) is 0 Å². The van der Waals surface area contributed by atoms with Gasteiger partial charge in [0.25, 0.3) is 0 Å². The number of benzene rings is 2. The average Bonchev–Trinajstić information content (AvgIpc) is 3.07. The van der Waals surface area contributed by atoms with Crippen LogP contribution in [0.5, 0.6) is 5.75 Å². The molecule has 0 saturated carbocycles. The van der Waals surface area contributed by atoms with Crippen LogP contribution in [0.4, 0.5) is 0 Å². The number of nitrogens with one attached hydrogen (secondary N) is 1. The van der Waals surface area contributed by atoms with E-state index in [0.717, 1.165) is 16.9 Å². The van der Waals surface area contributed by atoms with E-state index in [4.69, 9.17) is 4.74 Å². The standard InChI is InChI=1S/C18H18N2O3S2/c1-12-4-10-15(11-5-12)25(21,22)18-17(24-3)19-16(20-18)13-6-8-14(23-2)9-7-13/h4-11H,1-3H3,(H,19,20). The molecule has 0 aliphatic heterocycles. The first-order valence-electron chi connectivity index (χ1n) is 7.56. The lowest BCUT2D eigenvalue weighted by Crippen LogP contribution is -2.04. The number of nitrogens with zero attached hydrogens (tertiary/aromatic N) is 1. The minimum absolute atomic E-state index is 0.120. The van der Waals surface area contributed by atoms with Gasteiger partial charge >= 0.3 is 0 Å². The maximum Gasteiger partial charge on any atom is 0.224 e. The Labute approximate surface area is 151 Å². The molecule has 1 heterocycles. The molecule has 0 spiro atoms. The molecule has 0 radical (unpaired) electrons. The zero-order valence-electron chi connectivity index (χ0n) is 14.1. The number of imidazole rings is 1. The van der Waals surface area contributed by atoms with Gasteiger partial charge in [0.15, 0.2) is 5.03 Å². The van der Waals surface area contributed by atoms with Crippen molar-refractivity contribution in [1.82, 2.24) is 9.97 Å². The predicted molar refractivity (Wildman–Crippen MR) is 99.0 cm³/mol. The summed E-state index contributed by atoms with van der Waals surface area (Å²) in [7, 11) is -2.06. The van der Waals surface area contributed by atoms with E-state index in [-0.39, 0.29) is 9.92 Å². The van der Waals surface area contributed by atoms with Gasteiger partial charge in [0, 0.05) is 5.56 Å². The Hall–Kier alpha value is -2.25. The Morgan fingerprint density at radius 2 is 1.68 bits per heavy atom. The third kappa shape index (κ3) is 3.43. The summed E-state index contributed by atoms with van der Waals surface area (Å²) in [4.78, 5) is 7.68. The van der Waals surface area contributed by atoms with Crippen LogP contribution in [0.15, 0.2) is 63.5 Å². The second kappa shape index (κ2) is 6.93. The molecule has 0 aliphatic carbocycles. The molecule has 5 nitrogen and oxygen atoms in total. The van der Waals surface area contributed by atoms with Crippen LogP contribution in [0, 0.1) is 6.92 Å². The quantitative estimate of drug-likeness (QED) is 0.685. The Bertz CT molecular complexity index is 976. The first-order valence-corrected chi connectivity index (χ1v) is 10.3. The SMILES string of the molecule is COc1ccc(-c2nc(SC)c(S(=O)(=O)c3ccc(C)cc3)[nH]2)cc1. The van der Waals surface area contributed by atoms with Gasteiger partial charge in [-0.1, -0.05) is 17.7 Å². The number of ether oxygens (including phenoxy) is 1. The Morgan fingerprint density at radius 1 is 1.04 bits per heavy atom. The number of aryl methyl sites for hydroxylation is 1. The number of thioether (sulfide) groups is 1. The Morgan fingerprint density at radius 3 is 2.24 bits per heavy atom. The molecule has 7 heteroatoms. The number of sulfone groups is 1. The molecule has 0 fully saturated rings. The molecule has 0 atom stereocenters. The summed E-state index contributed by atoms with van der Waals surface area (Å²) in [6.45, 7) is 1.92. The second-order valence-electron chi connectivity index (χ2n) is 5.47. The van der Waals surface area contributed by atoms with Gasteiger partial charge in [-0.15, -0.1) is 11.8 Å². The van der Waals surface area contributed by atoms with Crippen LogP contribution >= 0.6 is 11.8 Å². The summed E-state index contributed by atoms with van der Waals surface area (Å²) in [5.41, 5.74) is 1.80. The fourth-order valence-corrected chi connectivity index (χ4v) is 4.62. The summed E-state index contributed by atoms with van der Waals surface area (Å²) >= 11 is 1.30. The van der Waals surface area contributed by atoms with Crippen molar-refractivity contribution in [1.29, 1.82) is 0 Å². The van der Waals surface area contributed by atoms with Crippen LogP contribution < -0.4 is 4.74 Å². The maximum absolute atomic E-state index is 13.0. The molecule has 1 N–H and O–H groups in total. The highest BCUT2D eigenvalue weighted by molar-refractivity contribution is 7.99. The van der Waals surface area contributed by atoms with E-state index in [2.05, 4.69) is 9.97 Å². The summed E-state index contributed by atoms with van der Waals surface area (Å²) in [5, 5.41) is 0.570. The lowest BCUT2D eigenvalue weighted by atomic mass is 10.2. The number of hydrogen-bond donors (Lipinski definition) is 1. The van der Waals surface area contributed by atoms with Gasteiger partial charge in [0.1, 0.15) is 16.6 Å². The average molecular weight is 374 g/mol. The van der Waals surface area contributed by atoms with Crippen LogP contribution in [0.3, 0.4) is 0 Å². The topological polar surface area (TPSA) is 72.0 Å². The number of aromatic nitrogens is 2. The van der Waals surface area contributed by atoms with Crippen LogP contribution in [-0.2, 0) is 9.84 Å². The Balaban J connectivity index is 2.07. The smallest absolute Gasteiger partial charge is 0.224 e. The van der Waals surface area contributed by atoms with Gasteiger partial charge in [-0.25, -0.2) is 13.4 Å². The molecule has 0 aliphatic rings. The molecular formula is C18H18N2O3S2. The van der Waals surface area contributed by atoms with E-state index in [1.165, 1.54) is 11.8 Å². The van der Waals surface area contributed by atoms with Crippen molar-refractivity contribution in [3.63, 3.8) is 0 Å². The number of methoxy groups -OCH3 is 1. The van der Waals surface area contributed by atoms with Crippen LogP contribution in [0.1, 0.15) is 5.56 Å². The van der Waals surface area contributed by atoms with Gasteiger partial charge in [-0.05, 0) is 49.6 Å². The molecule has 2 aromatic carbocycles. The molecule has 0 bridgehead atoms. The molecule has 1 aromatic heterocycles. The first kappa shape index (κ1) is 17.6.